The molecule has 5 rings (SSSR count). The zero-order valence-electron chi connectivity index (χ0n) is 23.0. The number of carbonyl (C=O) groups is 3. The van der Waals surface area contributed by atoms with E-state index in [1.807, 2.05) is 25.1 Å². The molecule has 1 aliphatic heterocycles. The van der Waals surface area contributed by atoms with Gasteiger partial charge in [-0.15, -0.1) is 0 Å². The first kappa shape index (κ1) is 29.3. The van der Waals surface area contributed by atoms with Crippen LogP contribution in [0.5, 0.6) is 17.2 Å². The van der Waals surface area contributed by atoms with Crippen molar-refractivity contribution >= 4 is 41.2 Å². The van der Waals surface area contributed by atoms with E-state index in [0.717, 1.165) is 16.0 Å². The quantitative estimate of drug-likeness (QED) is 0.161. The average molecular weight is 601 g/mol. The van der Waals surface area contributed by atoms with E-state index >= 15 is 0 Å². The minimum atomic E-state index is -0.864. The highest BCUT2D eigenvalue weighted by Gasteiger charge is 2.36. The Kier molecular flexibility index (Phi) is 9.02. The van der Waals surface area contributed by atoms with Gasteiger partial charge in [-0.1, -0.05) is 48.0 Å². The maximum Gasteiger partial charge on any atom is 0.335 e. The molecular weight excluding hydrogens is 575 g/mol. The van der Waals surface area contributed by atoms with Gasteiger partial charge in [-0.25, -0.2) is 14.1 Å². The maximum absolute atomic E-state index is 13.4. The van der Waals surface area contributed by atoms with Gasteiger partial charge in [0, 0.05) is 10.6 Å². The lowest BCUT2D eigenvalue weighted by molar-refractivity contribution is -0.122. The number of hydrogen-bond acceptors (Lipinski definition) is 6. The van der Waals surface area contributed by atoms with Crippen molar-refractivity contribution in [3.05, 3.63) is 124 Å². The van der Waals surface area contributed by atoms with Crippen LogP contribution in [0, 0.1) is 5.82 Å². The molecule has 0 atom stereocenters. The second kappa shape index (κ2) is 13.2. The van der Waals surface area contributed by atoms with Gasteiger partial charge in [-0.2, -0.15) is 0 Å². The lowest BCUT2D eigenvalue weighted by atomic mass is 10.1. The standard InChI is InChI=1S/C33H26ClFN2O6/c1-2-41-30-18-22(9-16-29(30)43-19-21-7-10-24(35)11-8-21)17-27-31(38)36-33(40)37(32(27)39)25-12-14-26(15-13-25)42-20-23-5-3-4-6-28(23)34/h3-18H,2,19-20H2,1H3,(H,36,38,40)/b27-17+. The first-order chi connectivity index (χ1) is 20.8. The maximum atomic E-state index is 13.4. The molecule has 1 heterocycles. The van der Waals surface area contributed by atoms with Gasteiger partial charge >= 0.3 is 6.03 Å². The van der Waals surface area contributed by atoms with Crippen LogP contribution in [0.15, 0.2) is 96.6 Å². The third-order valence-electron chi connectivity index (χ3n) is 6.43. The molecule has 4 aromatic carbocycles. The zero-order chi connectivity index (χ0) is 30.3. The van der Waals surface area contributed by atoms with E-state index in [1.165, 1.54) is 18.2 Å². The number of amides is 4. The highest BCUT2D eigenvalue weighted by atomic mass is 35.5. The number of urea groups is 1. The molecule has 0 aromatic heterocycles. The minimum Gasteiger partial charge on any atom is -0.490 e. The van der Waals surface area contributed by atoms with Crippen molar-refractivity contribution in [3.63, 3.8) is 0 Å². The van der Waals surface area contributed by atoms with E-state index in [4.69, 9.17) is 25.8 Å². The van der Waals surface area contributed by atoms with Crippen LogP contribution in [0.2, 0.25) is 5.02 Å². The van der Waals surface area contributed by atoms with Gasteiger partial charge in [0.25, 0.3) is 11.8 Å². The SMILES string of the molecule is CCOc1cc(/C=C2\C(=O)NC(=O)N(c3ccc(OCc4ccccc4Cl)cc3)C2=O)ccc1OCc1ccc(F)cc1. The summed E-state index contributed by atoms with van der Waals surface area (Å²) >= 11 is 6.18. The van der Waals surface area contributed by atoms with E-state index in [2.05, 4.69) is 5.32 Å². The van der Waals surface area contributed by atoms with Crippen molar-refractivity contribution in [2.75, 3.05) is 11.5 Å². The Labute approximate surface area is 252 Å². The highest BCUT2D eigenvalue weighted by molar-refractivity contribution is 6.39. The summed E-state index contributed by atoms with van der Waals surface area (Å²) in [6, 6.07) is 23.6. The predicted octanol–water partition coefficient (Wildman–Crippen LogP) is 6.70. The monoisotopic (exact) mass is 600 g/mol. The normalized spacial score (nSPS) is 14.1. The van der Waals surface area contributed by atoms with Crippen molar-refractivity contribution in [3.8, 4) is 17.2 Å². The second-order valence-electron chi connectivity index (χ2n) is 9.39. The van der Waals surface area contributed by atoms with Crippen LogP contribution in [0.25, 0.3) is 6.08 Å². The van der Waals surface area contributed by atoms with Crippen LogP contribution in [0.1, 0.15) is 23.6 Å². The fourth-order valence-electron chi connectivity index (χ4n) is 4.27. The second-order valence-corrected chi connectivity index (χ2v) is 9.79. The largest absolute Gasteiger partial charge is 0.490 e. The minimum absolute atomic E-state index is 0.183. The van der Waals surface area contributed by atoms with Crippen LogP contribution in [0.4, 0.5) is 14.9 Å². The number of hydrogen-bond donors (Lipinski definition) is 1. The molecule has 1 aliphatic rings. The Balaban J connectivity index is 1.32. The summed E-state index contributed by atoms with van der Waals surface area (Å²) in [6.45, 7) is 2.57. The molecule has 4 aromatic rings. The van der Waals surface area contributed by atoms with Gasteiger partial charge in [0.2, 0.25) is 0 Å². The molecule has 1 fully saturated rings. The number of halogens is 2. The smallest absolute Gasteiger partial charge is 0.335 e. The summed E-state index contributed by atoms with van der Waals surface area (Å²) in [5.41, 5.74) is 2.08. The summed E-state index contributed by atoms with van der Waals surface area (Å²) in [5, 5.41) is 2.80. The van der Waals surface area contributed by atoms with Gasteiger partial charge in [0.1, 0.15) is 30.4 Å². The van der Waals surface area contributed by atoms with Gasteiger partial charge < -0.3 is 14.2 Å². The number of benzene rings is 4. The number of nitrogens with one attached hydrogen (secondary N) is 1. The van der Waals surface area contributed by atoms with E-state index < -0.39 is 17.8 Å². The number of rotatable bonds is 10. The molecule has 10 heteroatoms. The number of imide groups is 2. The molecule has 8 nitrogen and oxygen atoms in total. The average Bonchev–Trinajstić information content (AvgIpc) is 3.00. The third-order valence-corrected chi connectivity index (χ3v) is 6.80. The van der Waals surface area contributed by atoms with Crippen molar-refractivity contribution in [2.24, 2.45) is 0 Å². The Bertz CT molecular complexity index is 1690. The first-order valence-electron chi connectivity index (χ1n) is 13.3. The number of ether oxygens (including phenoxy) is 3. The van der Waals surface area contributed by atoms with Crippen LogP contribution < -0.4 is 24.4 Å². The Hall–Kier alpha value is -5.15. The molecule has 43 heavy (non-hydrogen) atoms. The van der Waals surface area contributed by atoms with E-state index in [1.54, 1.807) is 60.7 Å². The molecule has 0 saturated carbocycles. The van der Waals surface area contributed by atoms with Crippen LogP contribution in [-0.4, -0.2) is 24.5 Å². The fraction of sp³-hybridized carbons (Fsp3) is 0.121. The van der Waals surface area contributed by atoms with Crippen molar-refractivity contribution in [2.45, 2.75) is 20.1 Å². The molecule has 4 amide bonds. The Morgan fingerprint density at radius 2 is 1.58 bits per heavy atom. The molecule has 1 N–H and O–H groups in total. The highest BCUT2D eigenvalue weighted by Crippen LogP contribution is 2.31. The van der Waals surface area contributed by atoms with Gasteiger partial charge in [0.05, 0.1) is 12.3 Å². The molecule has 0 bridgehead atoms. The Morgan fingerprint density at radius 3 is 2.30 bits per heavy atom. The van der Waals surface area contributed by atoms with Crippen molar-refractivity contribution < 1.29 is 33.0 Å². The summed E-state index contributed by atoms with van der Waals surface area (Å²) in [6.07, 6.45) is 1.38. The molecule has 0 radical (unpaired) electrons. The predicted molar refractivity (Wildman–Crippen MR) is 160 cm³/mol. The molecule has 1 saturated heterocycles. The first-order valence-corrected chi connectivity index (χ1v) is 13.7. The third kappa shape index (κ3) is 7.02. The lowest BCUT2D eigenvalue weighted by Crippen LogP contribution is -2.54. The number of nitrogens with zero attached hydrogens (tertiary/aromatic N) is 1. The molecular formula is C33H26ClFN2O6. The van der Waals surface area contributed by atoms with Gasteiger partial charge in [-0.05, 0) is 78.7 Å². The molecule has 0 aliphatic carbocycles. The van der Waals surface area contributed by atoms with Crippen molar-refractivity contribution in [1.82, 2.24) is 5.32 Å². The lowest BCUT2D eigenvalue weighted by Gasteiger charge is -2.26. The van der Waals surface area contributed by atoms with Crippen LogP contribution in [-0.2, 0) is 22.8 Å². The summed E-state index contributed by atoms with van der Waals surface area (Å²) < 4.78 is 30.6. The summed E-state index contributed by atoms with van der Waals surface area (Å²) in [5.74, 6) is -0.614. The van der Waals surface area contributed by atoms with Crippen LogP contribution >= 0.6 is 11.6 Å². The van der Waals surface area contributed by atoms with E-state index in [9.17, 15) is 18.8 Å². The summed E-state index contributed by atoms with van der Waals surface area (Å²) in [7, 11) is 0. The van der Waals surface area contributed by atoms with E-state index in [-0.39, 0.29) is 30.3 Å². The Morgan fingerprint density at radius 1 is 0.837 bits per heavy atom. The van der Waals surface area contributed by atoms with Gasteiger partial charge in [0.15, 0.2) is 11.5 Å². The fourth-order valence-corrected chi connectivity index (χ4v) is 4.46. The molecule has 0 unspecified atom stereocenters. The summed E-state index contributed by atoms with van der Waals surface area (Å²) in [4.78, 5) is 39.7. The topological polar surface area (TPSA) is 94.2 Å². The molecule has 218 valence electrons. The zero-order valence-corrected chi connectivity index (χ0v) is 23.8. The van der Waals surface area contributed by atoms with E-state index in [0.29, 0.717) is 34.4 Å². The number of carbonyl (C=O) groups excluding carboxylic acids is 3. The number of barbiturate groups is 1. The van der Waals surface area contributed by atoms with Crippen LogP contribution in [0.3, 0.4) is 0 Å². The van der Waals surface area contributed by atoms with Gasteiger partial charge in [-0.3, -0.25) is 14.9 Å². The molecule has 0 spiro atoms. The van der Waals surface area contributed by atoms with Crippen molar-refractivity contribution in [1.29, 1.82) is 0 Å². The number of anilines is 1.